The Morgan fingerprint density at radius 3 is 2.50 bits per heavy atom. The minimum atomic E-state index is -3.58. The number of sulfonamides is 1. The number of nitrogens with one attached hydrogen (secondary N) is 2. The molecule has 0 aliphatic carbocycles. The summed E-state index contributed by atoms with van der Waals surface area (Å²) in [5, 5.41) is 2.80. The molecule has 1 heterocycles. The fourth-order valence-electron chi connectivity index (χ4n) is 2.88. The Bertz CT molecular complexity index is 964. The lowest BCUT2D eigenvalue weighted by Gasteiger charge is -2.14. The summed E-state index contributed by atoms with van der Waals surface area (Å²) in [5.74, 6) is 0.0826. The Kier molecular flexibility index (Phi) is 7.17. The Morgan fingerprint density at radius 1 is 1.14 bits per heavy atom. The van der Waals surface area contributed by atoms with Crippen molar-refractivity contribution in [3.63, 3.8) is 0 Å². The smallest absolute Gasteiger partial charge is 0.263 e. The predicted molar refractivity (Wildman–Crippen MR) is 111 cm³/mol. The summed E-state index contributed by atoms with van der Waals surface area (Å²) in [7, 11) is -3.58. The average Bonchev–Trinajstić information content (AvgIpc) is 2.91. The van der Waals surface area contributed by atoms with E-state index in [1.807, 2.05) is 30.3 Å². The van der Waals surface area contributed by atoms with Crippen LogP contribution in [0.1, 0.15) is 30.5 Å². The highest BCUT2D eigenvalue weighted by Gasteiger charge is 2.30. The predicted octanol–water partition coefficient (Wildman–Crippen LogP) is 1.74. The molecule has 0 bridgehead atoms. The molecule has 0 fully saturated rings. The maximum absolute atomic E-state index is 12.2. The van der Waals surface area contributed by atoms with Crippen molar-refractivity contribution in [1.82, 2.24) is 10.0 Å². The van der Waals surface area contributed by atoms with Gasteiger partial charge in [-0.3, -0.25) is 14.5 Å². The van der Waals surface area contributed by atoms with Crippen molar-refractivity contribution < 1.29 is 13.2 Å². The fraction of sp³-hybridized carbons (Fsp3) is 0.263. The zero-order valence-corrected chi connectivity index (χ0v) is 17.0. The summed E-state index contributed by atoms with van der Waals surface area (Å²) >= 11 is 0. The molecule has 28 heavy (non-hydrogen) atoms. The number of carbonyl (C=O) groups excluding carboxylic acids is 1. The first kappa shape index (κ1) is 21.9. The van der Waals surface area contributed by atoms with E-state index < -0.39 is 10.0 Å². The van der Waals surface area contributed by atoms with Gasteiger partial charge in [0.1, 0.15) is 5.84 Å². The summed E-state index contributed by atoms with van der Waals surface area (Å²) in [5.41, 5.74) is 7.54. The van der Waals surface area contributed by atoms with E-state index in [2.05, 4.69) is 15.0 Å². The van der Waals surface area contributed by atoms with Gasteiger partial charge in [0.15, 0.2) is 0 Å². The van der Waals surface area contributed by atoms with E-state index in [1.165, 1.54) is 6.07 Å². The molecule has 3 rings (SSSR count). The Balaban J connectivity index is 0.00000280. The Hall–Kier alpha value is -2.42. The number of nitrogens with zero attached hydrogens (tertiary/aromatic N) is 1. The number of halogens is 1. The van der Waals surface area contributed by atoms with Gasteiger partial charge in [0.2, 0.25) is 5.91 Å². The highest BCUT2D eigenvalue weighted by Crippen LogP contribution is 2.22. The second-order valence-corrected chi connectivity index (χ2v) is 8.10. The first-order valence-corrected chi connectivity index (χ1v) is 10.1. The maximum Gasteiger partial charge on any atom is 0.263 e. The third-order valence-corrected chi connectivity index (χ3v) is 5.64. The molecule has 0 radical (unpaired) electrons. The molecular weight excluding hydrogens is 400 g/mol. The minimum Gasteiger partial charge on any atom is -0.354 e. The van der Waals surface area contributed by atoms with Crippen molar-refractivity contribution in [1.29, 1.82) is 0 Å². The van der Waals surface area contributed by atoms with E-state index in [1.54, 1.807) is 25.1 Å². The molecule has 2 aromatic carbocycles. The van der Waals surface area contributed by atoms with Crippen LogP contribution in [-0.2, 0) is 14.8 Å². The number of amidine groups is 1. The van der Waals surface area contributed by atoms with Crippen molar-refractivity contribution >= 4 is 34.2 Å². The van der Waals surface area contributed by atoms with Gasteiger partial charge in [-0.25, -0.2) is 8.42 Å². The van der Waals surface area contributed by atoms with Gasteiger partial charge in [-0.2, -0.15) is 0 Å². The van der Waals surface area contributed by atoms with Crippen LogP contribution in [0, 0.1) is 0 Å². The van der Waals surface area contributed by atoms with Crippen molar-refractivity contribution in [2.45, 2.75) is 30.3 Å². The van der Waals surface area contributed by atoms with Crippen LogP contribution in [0.3, 0.4) is 0 Å². The van der Waals surface area contributed by atoms with Crippen LogP contribution in [0.2, 0.25) is 0 Å². The van der Waals surface area contributed by atoms with Gasteiger partial charge in [-0.15, -0.1) is 12.4 Å². The van der Waals surface area contributed by atoms with E-state index in [0.717, 1.165) is 5.56 Å². The number of hydrogen-bond acceptors (Lipinski definition) is 5. The number of rotatable bonds is 6. The quantitative estimate of drug-likeness (QED) is 0.657. The number of fused-ring (bicyclic) bond motifs is 1. The van der Waals surface area contributed by atoms with Crippen LogP contribution in [0.15, 0.2) is 64.5 Å². The lowest BCUT2D eigenvalue weighted by atomic mass is 10.1. The van der Waals surface area contributed by atoms with Crippen molar-refractivity contribution in [3.05, 3.63) is 65.7 Å². The number of benzene rings is 2. The van der Waals surface area contributed by atoms with Gasteiger partial charge < -0.3 is 11.1 Å². The van der Waals surface area contributed by atoms with E-state index in [4.69, 9.17) is 5.73 Å². The van der Waals surface area contributed by atoms with Gasteiger partial charge in [-0.05, 0) is 24.6 Å². The van der Waals surface area contributed by atoms with Crippen LogP contribution < -0.4 is 15.8 Å². The van der Waals surface area contributed by atoms with Gasteiger partial charge >= 0.3 is 0 Å². The lowest BCUT2D eigenvalue weighted by molar-refractivity contribution is -0.121. The molecule has 2 unspecified atom stereocenters. The van der Waals surface area contributed by atoms with Crippen LogP contribution in [0.5, 0.6) is 0 Å². The first-order chi connectivity index (χ1) is 12.9. The lowest BCUT2D eigenvalue weighted by Crippen LogP contribution is -2.33. The molecule has 2 atom stereocenters. The zero-order chi connectivity index (χ0) is 19.4. The molecule has 0 spiro atoms. The van der Waals surface area contributed by atoms with Gasteiger partial charge in [0.25, 0.3) is 10.0 Å². The molecule has 4 N–H and O–H groups in total. The second kappa shape index (κ2) is 9.18. The van der Waals surface area contributed by atoms with Gasteiger partial charge in [0.05, 0.1) is 10.9 Å². The molecule has 1 aliphatic rings. The summed E-state index contributed by atoms with van der Waals surface area (Å²) < 4.78 is 26.6. The normalized spacial score (nSPS) is 17.7. The van der Waals surface area contributed by atoms with Crippen molar-refractivity contribution in [2.75, 3.05) is 6.54 Å². The van der Waals surface area contributed by atoms with Gasteiger partial charge in [0, 0.05) is 24.6 Å². The summed E-state index contributed by atoms with van der Waals surface area (Å²) in [6.07, 6.45) is 0.134. The molecule has 0 aromatic heterocycles. The monoisotopic (exact) mass is 422 g/mol. The van der Waals surface area contributed by atoms with Crippen LogP contribution in [0.25, 0.3) is 0 Å². The molecular formula is C19H23ClN4O3S. The second-order valence-electron chi connectivity index (χ2n) is 6.45. The number of amides is 1. The molecule has 1 amide bonds. The van der Waals surface area contributed by atoms with E-state index in [0.29, 0.717) is 12.1 Å². The third kappa shape index (κ3) is 5.09. The molecule has 0 saturated heterocycles. The highest BCUT2D eigenvalue weighted by molar-refractivity contribution is 7.90. The molecule has 9 heteroatoms. The van der Waals surface area contributed by atoms with E-state index in [-0.39, 0.29) is 47.5 Å². The van der Waals surface area contributed by atoms with Crippen LogP contribution in [-0.4, -0.2) is 32.7 Å². The number of aliphatic imine (C=N–C) groups is 1. The third-order valence-electron chi connectivity index (χ3n) is 4.24. The average molecular weight is 423 g/mol. The summed E-state index contributed by atoms with van der Waals surface area (Å²) in [6, 6.07) is 15.5. The van der Waals surface area contributed by atoms with Crippen molar-refractivity contribution in [3.8, 4) is 0 Å². The summed E-state index contributed by atoms with van der Waals surface area (Å²) in [6.45, 7) is 2.08. The number of nitrogens with two attached hydrogens (primary N) is 1. The number of hydrogen-bond donors (Lipinski definition) is 3. The summed E-state index contributed by atoms with van der Waals surface area (Å²) in [4.78, 5) is 16.7. The molecule has 2 aromatic rings. The molecule has 0 saturated carbocycles. The zero-order valence-electron chi connectivity index (χ0n) is 15.3. The van der Waals surface area contributed by atoms with E-state index >= 15 is 0 Å². The molecule has 7 nitrogen and oxygen atoms in total. The maximum atomic E-state index is 12.2. The van der Waals surface area contributed by atoms with Crippen LogP contribution >= 0.6 is 12.4 Å². The van der Waals surface area contributed by atoms with Crippen molar-refractivity contribution in [2.24, 2.45) is 10.7 Å². The SMILES string of the molecule is CC(CC(=O)NCC(N)c1ccccc1)N=C1NS(=O)(=O)c2ccccc21.Cl. The first-order valence-electron chi connectivity index (χ1n) is 8.64. The van der Waals surface area contributed by atoms with Crippen LogP contribution in [0.4, 0.5) is 0 Å². The van der Waals surface area contributed by atoms with E-state index in [9.17, 15) is 13.2 Å². The molecule has 1 aliphatic heterocycles. The minimum absolute atomic E-state index is 0. The number of carbonyl (C=O) groups is 1. The Labute approximate surface area is 170 Å². The Morgan fingerprint density at radius 2 is 1.79 bits per heavy atom. The molecule has 150 valence electrons. The fourth-order valence-corrected chi connectivity index (χ4v) is 4.12. The largest absolute Gasteiger partial charge is 0.354 e. The standard InChI is InChI=1S/C19H22N4O3S.ClH/c1-13(11-18(24)21-12-16(20)14-7-3-2-4-8-14)22-19-15-9-5-6-10-17(15)27(25,26)23-19;/h2-10,13,16H,11-12,20H2,1H3,(H,21,24)(H,22,23);1H. The topological polar surface area (TPSA) is 114 Å². The van der Waals surface area contributed by atoms with Gasteiger partial charge in [-0.1, -0.05) is 42.5 Å². The highest BCUT2D eigenvalue weighted by atomic mass is 35.5.